The number of rotatable bonds is 8. The molecule has 0 aromatic rings. The normalized spacial score (nSPS) is 10.4. The van der Waals surface area contributed by atoms with Gasteiger partial charge in [-0.3, -0.25) is 4.79 Å². The fourth-order valence-electron chi connectivity index (χ4n) is 1.20. The van der Waals surface area contributed by atoms with Crippen LogP contribution in [0.2, 0.25) is 0 Å². The molecule has 0 saturated heterocycles. The second-order valence-electron chi connectivity index (χ2n) is 3.87. The van der Waals surface area contributed by atoms with Gasteiger partial charge in [-0.2, -0.15) is 0 Å². The highest BCUT2D eigenvalue weighted by Gasteiger charge is 2.11. The molecular formula is C11H22N2O4. The standard InChI is InChI=1S/C11H22N2O4/c1-4-13(7-5-10(14)15)11(16)12-6-8-17-9(2)3/h9H,4-8H2,1-3H3,(H,12,16)(H,14,15). The molecule has 0 fully saturated rings. The van der Waals surface area contributed by atoms with Crippen LogP contribution in [0.25, 0.3) is 0 Å². The van der Waals surface area contributed by atoms with Gasteiger partial charge in [0.05, 0.1) is 19.1 Å². The molecular weight excluding hydrogens is 224 g/mol. The van der Waals surface area contributed by atoms with Gasteiger partial charge in [0.25, 0.3) is 0 Å². The molecule has 0 rings (SSSR count). The minimum Gasteiger partial charge on any atom is -0.481 e. The summed E-state index contributed by atoms with van der Waals surface area (Å²) in [5.74, 6) is -0.903. The van der Waals surface area contributed by atoms with E-state index < -0.39 is 5.97 Å². The van der Waals surface area contributed by atoms with Gasteiger partial charge in [0.15, 0.2) is 0 Å². The second kappa shape index (κ2) is 8.81. The molecule has 0 radical (unpaired) electrons. The number of amides is 2. The van der Waals surface area contributed by atoms with E-state index in [0.717, 1.165) is 0 Å². The molecule has 0 saturated carbocycles. The first-order valence-electron chi connectivity index (χ1n) is 5.83. The number of aliphatic carboxylic acids is 1. The van der Waals surface area contributed by atoms with Crippen molar-refractivity contribution in [3.05, 3.63) is 0 Å². The first-order valence-corrected chi connectivity index (χ1v) is 5.83. The van der Waals surface area contributed by atoms with Crippen molar-refractivity contribution in [3.63, 3.8) is 0 Å². The summed E-state index contributed by atoms with van der Waals surface area (Å²) in [6, 6.07) is -0.249. The van der Waals surface area contributed by atoms with Crippen LogP contribution in [0.1, 0.15) is 27.2 Å². The summed E-state index contributed by atoms with van der Waals surface area (Å²) in [5.41, 5.74) is 0. The zero-order valence-electron chi connectivity index (χ0n) is 10.7. The van der Waals surface area contributed by atoms with Crippen LogP contribution in [0.15, 0.2) is 0 Å². The fourth-order valence-corrected chi connectivity index (χ4v) is 1.20. The van der Waals surface area contributed by atoms with Crippen LogP contribution in [0, 0.1) is 0 Å². The van der Waals surface area contributed by atoms with Gasteiger partial charge in [0, 0.05) is 19.6 Å². The van der Waals surface area contributed by atoms with Gasteiger partial charge >= 0.3 is 12.0 Å². The molecule has 100 valence electrons. The molecule has 0 heterocycles. The lowest BCUT2D eigenvalue weighted by Crippen LogP contribution is -2.42. The van der Waals surface area contributed by atoms with E-state index in [4.69, 9.17) is 9.84 Å². The number of hydrogen-bond donors (Lipinski definition) is 2. The Morgan fingerprint density at radius 2 is 2.06 bits per heavy atom. The SMILES string of the molecule is CCN(CCC(=O)O)C(=O)NCCOC(C)C. The third-order valence-electron chi connectivity index (χ3n) is 2.09. The first-order chi connectivity index (χ1) is 7.97. The second-order valence-corrected chi connectivity index (χ2v) is 3.87. The molecule has 2 amide bonds. The van der Waals surface area contributed by atoms with Gasteiger partial charge in [0.2, 0.25) is 0 Å². The summed E-state index contributed by atoms with van der Waals surface area (Å²) < 4.78 is 5.28. The maximum Gasteiger partial charge on any atom is 0.317 e. The van der Waals surface area contributed by atoms with E-state index in [0.29, 0.717) is 19.7 Å². The molecule has 17 heavy (non-hydrogen) atoms. The topological polar surface area (TPSA) is 78.9 Å². The Hall–Kier alpha value is -1.30. The number of nitrogens with zero attached hydrogens (tertiary/aromatic N) is 1. The average Bonchev–Trinajstić information content (AvgIpc) is 2.24. The summed E-state index contributed by atoms with van der Waals surface area (Å²) in [5, 5.41) is 11.2. The molecule has 6 heteroatoms. The Morgan fingerprint density at radius 3 is 2.53 bits per heavy atom. The molecule has 0 atom stereocenters. The molecule has 0 bridgehead atoms. The van der Waals surface area contributed by atoms with Crippen LogP contribution in [0.5, 0.6) is 0 Å². The van der Waals surface area contributed by atoms with Crippen LogP contribution < -0.4 is 5.32 Å². The molecule has 0 aromatic carbocycles. The van der Waals surface area contributed by atoms with Crippen LogP contribution in [-0.2, 0) is 9.53 Å². The molecule has 6 nitrogen and oxygen atoms in total. The fraction of sp³-hybridized carbons (Fsp3) is 0.818. The number of carboxylic acids is 1. The summed E-state index contributed by atoms with van der Waals surface area (Å²) >= 11 is 0. The lowest BCUT2D eigenvalue weighted by molar-refractivity contribution is -0.137. The van der Waals surface area contributed by atoms with Crippen molar-refractivity contribution in [2.75, 3.05) is 26.2 Å². The maximum absolute atomic E-state index is 11.6. The number of hydrogen-bond acceptors (Lipinski definition) is 3. The first kappa shape index (κ1) is 15.7. The van der Waals surface area contributed by atoms with E-state index in [9.17, 15) is 9.59 Å². The van der Waals surface area contributed by atoms with E-state index in [1.165, 1.54) is 4.90 Å². The number of carbonyl (C=O) groups excluding carboxylic acids is 1. The number of ether oxygens (including phenoxy) is 1. The summed E-state index contributed by atoms with van der Waals surface area (Å²) in [6.07, 6.45) is 0.102. The van der Waals surface area contributed by atoms with E-state index in [2.05, 4.69) is 5.32 Å². The summed E-state index contributed by atoms with van der Waals surface area (Å²) in [6.45, 7) is 7.26. The molecule has 0 spiro atoms. The van der Waals surface area contributed by atoms with E-state index in [1.807, 2.05) is 20.8 Å². The monoisotopic (exact) mass is 246 g/mol. The Bertz CT molecular complexity index is 244. The highest BCUT2D eigenvalue weighted by molar-refractivity contribution is 5.75. The van der Waals surface area contributed by atoms with E-state index >= 15 is 0 Å². The quantitative estimate of drug-likeness (QED) is 0.624. The Labute approximate surface area is 102 Å². The molecule has 0 aliphatic rings. The van der Waals surface area contributed by atoms with Gasteiger partial charge in [-0.15, -0.1) is 0 Å². The smallest absolute Gasteiger partial charge is 0.317 e. The van der Waals surface area contributed by atoms with Crippen molar-refractivity contribution in [3.8, 4) is 0 Å². The van der Waals surface area contributed by atoms with Gasteiger partial charge in [0.1, 0.15) is 0 Å². The van der Waals surface area contributed by atoms with Gasteiger partial charge in [-0.05, 0) is 20.8 Å². The minimum atomic E-state index is -0.903. The zero-order chi connectivity index (χ0) is 13.3. The lowest BCUT2D eigenvalue weighted by atomic mass is 10.4. The Morgan fingerprint density at radius 1 is 1.41 bits per heavy atom. The molecule has 0 unspecified atom stereocenters. The minimum absolute atomic E-state index is 0.0379. The highest BCUT2D eigenvalue weighted by atomic mass is 16.5. The lowest BCUT2D eigenvalue weighted by Gasteiger charge is -2.20. The van der Waals surface area contributed by atoms with Gasteiger partial charge < -0.3 is 20.1 Å². The number of nitrogens with one attached hydrogen (secondary N) is 1. The van der Waals surface area contributed by atoms with Crippen molar-refractivity contribution in [2.24, 2.45) is 0 Å². The maximum atomic E-state index is 11.6. The largest absolute Gasteiger partial charge is 0.481 e. The molecule has 0 aliphatic carbocycles. The van der Waals surface area contributed by atoms with E-state index in [1.54, 1.807) is 0 Å². The highest BCUT2D eigenvalue weighted by Crippen LogP contribution is 1.93. The third kappa shape index (κ3) is 8.50. The van der Waals surface area contributed by atoms with Crippen molar-refractivity contribution >= 4 is 12.0 Å². The van der Waals surface area contributed by atoms with Crippen molar-refractivity contribution < 1.29 is 19.4 Å². The number of carboxylic acid groups (broad SMARTS) is 1. The van der Waals surface area contributed by atoms with Crippen molar-refractivity contribution in [1.82, 2.24) is 10.2 Å². The van der Waals surface area contributed by atoms with Crippen LogP contribution in [-0.4, -0.2) is 54.4 Å². The number of urea groups is 1. The third-order valence-corrected chi connectivity index (χ3v) is 2.09. The zero-order valence-corrected chi connectivity index (χ0v) is 10.7. The molecule has 0 aliphatic heterocycles. The average molecular weight is 246 g/mol. The van der Waals surface area contributed by atoms with Crippen molar-refractivity contribution in [1.29, 1.82) is 0 Å². The molecule has 0 aromatic heterocycles. The van der Waals surface area contributed by atoms with Crippen molar-refractivity contribution in [2.45, 2.75) is 33.3 Å². The Kier molecular flexibility index (Phi) is 8.13. The number of carbonyl (C=O) groups is 2. The van der Waals surface area contributed by atoms with Crippen LogP contribution in [0.3, 0.4) is 0 Å². The Balaban J connectivity index is 3.80. The van der Waals surface area contributed by atoms with Gasteiger partial charge in [-0.1, -0.05) is 0 Å². The van der Waals surface area contributed by atoms with Gasteiger partial charge in [-0.25, -0.2) is 4.79 Å². The predicted octanol–water partition coefficient (Wildman–Crippen LogP) is 0.918. The summed E-state index contributed by atoms with van der Waals surface area (Å²) in [4.78, 5) is 23.5. The van der Waals surface area contributed by atoms with Crippen LogP contribution >= 0.6 is 0 Å². The molecule has 2 N–H and O–H groups in total. The summed E-state index contributed by atoms with van der Waals surface area (Å²) in [7, 11) is 0. The van der Waals surface area contributed by atoms with E-state index in [-0.39, 0.29) is 25.1 Å². The predicted molar refractivity (Wildman–Crippen MR) is 64.0 cm³/mol. The van der Waals surface area contributed by atoms with Crippen LogP contribution in [0.4, 0.5) is 4.79 Å².